The fourth-order valence-electron chi connectivity index (χ4n) is 1.58. The second kappa shape index (κ2) is 4.24. The maximum absolute atomic E-state index is 5.58. The van der Waals surface area contributed by atoms with Gasteiger partial charge in [0.2, 0.25) is 0 Å². The predicted octanol–water partition coefficient (Wildman–Crippen LogP) is 2.60. The monoisotopic (exact) mass is 198 g/mol. The van der Waals surface area contributed by atoms with E-state index in [9.17, 15) is 0 Å². The molecule has 0 spiro atoms. The lowest BCUT2D eigenvalue weighted by molar-refractivity contribution is 1.15. The van der Waals surface area contributed by atoms with Gasteiger partial charge in [0.25, 0.3) is 0 Å². The first kappa shape index (κ1) is 9.87. The Bertz CT molecular complexity index is 495. The van der Waals surface area contributed by atoms with Crippen LogP contribution < -0.4 is 5.73 Å². The zero-order valence-electron chi connectivity index (χ0n) is 8.77. The van der Waals surface area contributed by atoms with Gasteiger partial charge in [-0.2, -0.15) is 0 Å². The lowest BCUT2D eigenvalue weighted by atomic mass is 10.1. The van der Waals surface area contributed by atoms with E-state index in [-0.39, 0.29) is 0 Å². The summed E-state index contributed by atoms with van der Waals surface area (Å²) in [6.45, 7) is 2.62. The van der Waals surface area contributed by atoms with Crippen molar-refractivity contribution in [3.63, 3.8) is 0 Å². The van der Waals surface area contributed by atoms with Crippen molar-refractivity contribution < 1.29 is 0 Å². The third-order valence-electron chi connectivity index (χ3n) is 2.42. The molecule has 1 heterocycles. The summed E-state index contributed by atoms with van der Waals surface area (Å²) in [5.74, 6) is 0. The van der Waals surface area contributed by atoms with Crippen LogP contribution in [0.1, 0.15) is 12.5 Å². The number of benzene rings is 1. The van der Waals surface area contributed by atoms with Crippen LogP contribution in [0.25, 0.3) is 16.8 Å². The van der Waals surface area contributed by atoms with Crippen molar-refractivity contribution in [2.75, 3.05) is 6.54 Å². The molecule has 0 unspecified atom stereocenters. The van der Waals surface area contributed by atoms with E-state index in [0.717, 1.165) is 16.5 Å². The van der Waals surface area contributed by atoms with Gasteiger partial charge < -0.3 is 5.73 Å². The van der Waals surface area contributed by atoms with E-state index in [1.54, 1.807) is 0 Å². The molecule has 0 aliphatic carbocycles. The van der Waals surface area contributed by atoms with E-state index in [1.165, 1.54) is 5.39 Å². The number of hydrogen-bond acceptors (Lipinski definition) is 2. The summed E-state index contributed by atoms with van der Waals surface area (Å²) >= 11 is 0. The number of nitrogens with zero attached hydrogens (tertiary/aromatic N) is 1. The number of fused-ring (bicyclic) bond motifs is 1. The van der Waals surface area contributed by atoms with Gasteiger partial charge in [-0.15, -0.1) is 0 Å². The van der Waals surface area contributed by atoms with Gasteiger partial charge in [-0.25, -0.2) is 0 Å². The average molecular weight is 198 g/mol. The minimum Gasteiger partial charge on any atom is -0.327 e. The van der Waals surface area contributed by atoms with Crippen molar-refractivity contribution in [3.8, 4) is 0 Å². The average Bonchev–Trinajstić information content (AvgIpc) is 2.29. The first-order chi connectivity index (χ1) is 7.31. The summed E-state index contributed by atoms with van der Waals surface area (Å²) in [7, 11) is 0. The lowest BCUT2D eigenvalue weighted by Crippen LogP contribution is -1.99. The fourth-order valence-corrected chi connectivity index (χ4v) is 1.58. The van der Waals surface area contributed by atoms with E-state index >= 15 is 0 Å². The second-order valence-electron chi connectivity index (χ2n) is 3.64. The number of aromatic nitrogens is 1. The molecule has 15 heavy (non-hydrogen) atoms. The lowest BCUT2D eigenvalue weighted by Gasteiger charge is -2.02. The highest BCUT2D eigenvalue weighted by molar-refractivity contribution is 5.89. The highest BCUT2D eigenvalue weighted by atomic mass is 14.6. The first-order valence-electron chi connectivity index (χ1n) is 5.01. The quantitative estimate of drug-likeness (QED) is 0.805. The molecule has 76 valence electrons. The molecular weight excluding hydrogens is 184 g/mol. The fraction of sp³-hybridized carbons (Fsp3) is 0.154. The van der Waals surface area contributed by atoms with Gasteiger partial charge in [-0.3, -0.25) is 4.98 Å². The molecule has 0 radical (unpaired) electrons. The number of rotatable bonds is 2. The minimum atomic E-state index is 0.587. The summed E-state index contributed by atoms with van der Waals surface area (Å²) in [6.07, 6.45) is 5.85. The van der Waals surface area contributed by atoms with E-state index in [2.05, 4.69) is 23.2 Å². The van der Waals surface area contributed by atoms with Gasteiger partial charge >= 0.3 is 0 Å². The smallest absolute Gasteiger partial charge is 0.0346 e. The molecule has 2 aromatic rings. The predicted molar refractivity (Wildman–Crippen MR) is 64.4 cm³/mol. The maximum atomic E-state index is 5.58. The van der Waals surface area contributed by atoms with Crippen LogP contribution in [-0.4, -0.2) is 11.5 Å². The number of hydrogen-bond donors (Lipinski definition) is 1. The van der Waals surface area contributed by atoms with Crippen LogP contribution in [0.3, 0.4) is 0 Å². The Balaban J connectivity index is 2.61. The van der Waals surface area contributed by atoms with Gasteiger partial charge in [0.1, 0.15) is 0 Å². The summed E-state index contributed by atoms with van der Waals surface area (Å²) in [5.41, 5.74) is 7.87. The van der Waals surface area contributed by atoms with Gasteiger partial charge in [0, 0.05) is 29.9 Å². The van der Waals surface area contributed by atoms with E-state index in [0.29, 0.717) is 6.54 Å². The Morgan fingerprint density at radius 1 is 1.33 bits per heavy atom. The molecule has 2 heteroatoms. The summed E-state index contributed by atoms with van der Waals surface area (Å²) < 4.78 is 0. The molecule has 0 amide bonds. The van der Waals surface area contributed by atoms with Crippen LogP contribution in [0.15, 0.2) is 42.2 Å². The standard InChI is InChI=1S/C13H14N2/c1-10(7-14)6-12-9-15-8-11-4-2-3-5-13(11)12/h2-6,8-9H,7,14H2,1H3/b10-6-. The topological polar surface area (TPSA) is 38.9 Å². The second-order valence-corrected chi connectivity index (χ2v) is 3.64. The number of nitrogens with two attached hydrogens (primary N) is 1. The molecule has 0 aliphatic rings. The molecule has 2 N–H and O–H groups in total. The van der Waals surface area contributed by atoms with E-state index in [4.69, 9.17) is 5.73 Å². The molecule has 0 atom stereocenters. The van der Waals surface area contributed by atoms with E-state index < -0.39 is 0 Å². The van der Waals surface area contributed by atoms with Crippen molar-refractivity contribution in [1.29, 1.82) is 0 Å². The Hall–Kier alpha value is -1.67. The number of pyridine rings is 1. The van der Waals surface area contributed by atoms with Gasteiger partial charge in [-0.05, 0) is 12.3 Å². The molecule has 2 rings (SSSR count). The molecule has 1 aromatic heterocycles. The van der Waals surface area contributed by atoms with Crippen LogP contribution >= 0.6 is 0 Å². The molecule has 0 fully saturated rings. The Morgan fingerprint density at radius 2 is 2.13 bits per heavy atom. The molecular formula is C13H14N2. The van der Waals surface area contributed by atoms with Crippen molar-refractivity contribution in [3.05, 3.63) is 47.8 Å². The molecule has 1 aromatic carbocycles. The van der Waals surface area contributed by atoms with Crippen LogP contribution in [0, 0.1) is 0 Å². The van der Waals surface area contributed by atoms with Crippen LogP contribution in [0.5, 0.6) is 0 Å². The zero-order chi connectivity index (χ0) is 10.7. The normalized spacial score (nSPS) is 12.0. The van der Waals surface area contributed by atoms with E-state index in [1.807, 2.05) is 31.5 Å². The van der Waals surface area contributed by atoms with Crippen molar-refractivity contribution in [1.82, 2.24) is 4.98 Å². The Labute approximate surface area is 89.4 Å². The van der Waals surface area contributed by atoms with Crippen LogP contribution in [0.4, 0.5) is 0 Å². The Morgan fingerprint density at radius 3 is 2.93 bits per heavy atom. The van der Waals surface area contributed by atoms with Gasteiger partial charge in [0.15, 0.2) is 0 Å². The molecule has 0 aliphatic heterocycles. The SMILES string of the molecule is C/C(=C/c1cncc2ccccc12)CN. The van der Waals surface area contributed by atoms with Crippen LogP contribution in [-0.2, 0) is 0 Å². The molecule has 2 nitrogen and oxygen atoms in total. The highest BCUT2D eigenvalue weighted by Gasteiger charge is 1.97. The molecule has 0 saturated carbocycles. The molecule has 0 saturated heterocycles. The van der Waals surface area contributed by atoms with Crippen molar-refractivity contribution in [2.45, 2.75) is 6.92 Å². The largest absolute Gasteiger partial charge is 0.327 e. The highest BCUT2D eigenvalue weighted by Crippen LogP contribution is 2.19. The van der Waals surface area contributed by atoms with Crippen LogP contribution in [0.2, 0.25) is 0 Å². The Kier molecular flexibility index (Phi) is 2.79. The minimum absolute atomic E-state index is 0.587. The van der Waals surface area contributed by atoms with Gasteiger partial charge in [0.05, 0.1) is 0 Å². The maximum Gasteiger partial charge on any atom is 0.0346 e. The summed E-state index contributed by atoms with van der Waals surface area (Å²) in [6, 6.07) is 8.23. The summed E-state index contributed by atoms with van der Waals surface area (Å²) in [4.78, 5) is 4.21. The summed E-state index contributed by atoms with van der Waals surface area (Å²) in [5, 5.41) is 2.39. The first-order valence-corrected chi connectivity index (χ1v) is 5.01. The van der Waals surface area contributed by atoms with Crippen molar-refractivity contribution in [2.24, 2.45) is 5.73 Å². The molecule has 0 bridgehead atoms. The van der Waals surface area contributed by atoms with Crippen molar-refractivity contribution >= 4 is 16.8 Å². The van der Waals surface area contributed by atoms with Gasteiger partial charge in [-0.1, -0.05) is 35.9 Å². The zero-order valence-corrected chi connectivity index (χ0v) is 8.77. The third kappa shape index (κ3) is 2.05. The third-order valence-corrected chi connectivity index (χ3v) is 2.42.